The Morgan fingerprint density at radius 2 is 2.21 bits per heavy atom. The molecule has 0 aliphatic heterocycles. The summed E-state index contributed by atoms with van der Waals surface area (Å²) in [7, 11) is 1.46. The number of pyridine rings is 1. The van der Waals surface area contributed by atoms with Crippen LogP contribution in [0.2, 0.25) is 0 Å². The molecule has 0 aliphatic rings. The molecule has 0 saturated carbocycles. The van der Waals surface area contributed by atoms with E-state index < -0.39 is 18.8 Å². The van der Waals surface area contributed by atoms with Crippen LogP contribution in [0.25, 0.3) is 0 Å². The van der Waals surface area contributed by atoms with E-state index in [4.69, 9.17) is 9.84 Å². The first-order chi connectivity index (χ1) is 6.69. The van der Waals surface area contributed by atoms with Gasteiger partial charge in [0.2, 0.25) is 5.88 Å². The van der Waals surface area contributed by atoms with E-state index in [1.165, 1.54) is 19.4 Å². The van der Waals surface area contributed by atoms with Gasteiger partial charge in [-0.1, -0.05) is 0 Å². The van der Waals surface area contributed by atoms with Crippen LogP contribution in [-0.2, 0) is 0 Å². The molecular formula is C9H13NO4. The fourth-order valence-corrected chi connectivity index (χ4v) is 1.04. The summed E-state index contributed by atoms with van der Waals surface area (Å²) in [5.74, 6) is 0.353. The van der Waals surface area contributed by atoms with Crippen molar-refractivity contribution in [3.63, 3.8) is 0 Å². The second kappa shape index (κ2) is 4.90. The van der Waals surface area contributed by atoms with Crippen molar-refractivity contribution in [1.29, 1.82) is 0 Å². The highest BCUT2D eigenvalue weighted by Crippen LogP contribution is 2.19. The van der Waals surface area contributed by atoms with Crippen LogP contribution >= 0.6 is 0 Å². The quantitative estimate of drug-likeness (QED) is 0.607. The van der Waals surface area contributed by atoms with Crippen molar-refractivity contribution in [3.05, 3.63) is 23.9 Å². The minimum Gasteiger partial charge on any atom is -0.481 e. The molecule has 14 heavy (non-hydrogen) atoms. The Kier molecular flexibility index (Phi) is 3.82. The predicted molar refractivity (Wildman–Crippen MR) is 48.8 cm³/mol. The molecule has 0 radical (unpaired) electrons. The molecule has 2 atom stereocenters. The van der Waals surface area contributed by atoms with E-state index in [1.54, 1.807) is 6.07 Å². The van der Waals surface area contributed by atoms with Crippen LogP contribution in [-0.4, -0.2) is 40.1 Å². The number of hydrogen-bond donors (Lipinski definition) is 3. The predicted octanol–water partition coefficient (Wildman–Crippen LogP) is -0.523. The molecule has 5 heteroatoms. The van der Waals surface area contributed by atoms with Crippen molar-refractivity contribution < 1.29 is 20.1 Å². The lowest BCUT2D eigenvalue weighted by Gasteiger charge is -2.15. The molecule has 1 aromatic rings. The van der Waals surface area contributed by atoms with E-state index >= 15 is 0 Å². The average Bonchev–Trinajstić information content (AvgIpc) is 2.27. The molecule has 1 aromatic heterocycles. The first-order valence-electron chi connectivity index (χ1n) is 4.16. The van der Waals surface area contributed by atoms with Gasteiger partial charge in [-0.15, -0.1) is 0 Å². The number of hydrogen-bond acceptors (Lipinski definition) is 5. The molecule has 0 fully saturated rings. The van der Waals surface area contributed by atoms with Gasteiger partial charge in [0.05, 0.1) is 13.7 Å². The number of aliphatic hydroxyl groups excluding tert-OH is 3. The average molecular weight is 199 g/mol. The van der Waals surface area contributed by atoms with Gasteiger partial charge in [0, 0.05) is 12.3 Å². The molecular weight excluding hydrogens is 186 g/mol. The summed E-state index contributed by atoms with van der Waals surface area (Å²) in [6, 6.07) is 3.05. The number of aromatic nitrogens is 1. The first kappa shape index (κ1) is 10.9. The van der Waals surface area contributed by atoms with Crippen LogP contribution in [0.5, 0.6) is 5.88 Å². The molecule has 0 aliphatic carbocycles. The number of ether oxygens (including phenoxy) is 1. The van der Waals surface area contributed by atoms with Gasteiger partial charge >= 0.3 is 0 Å². The third-order valence-corrected chi connectivity index (χ3v) is 1.86. The lowest BCUT2D eigenvalue weighted by atomic mass is 10.1. The maximum atomic E-state index is 9.52. The number of nitrogens with zero attached hydrogens (tertiary/aromatic N) is 1. The second-order valence-corrected chi connectivity index (χ2v) is 2.83. The first-order valence-corrected chi connectivity index (χ1v) is 4.16. The maximum absolute atomic E-state index is 9.52. The Labute approximate surface area is 81.6 Å². The van der Waals surface area contributed by atoms with Gasteiger partial charge in [-0.3, -0.25) is 0 Å². The van der Waals surface area contributed by atoms with Gasteiger partial charge < -0.3 is 20.1 Å². The lowest BCUT2D eigenvalue weighted by Crippen LogP contribution is -2.22. The molecule has 0 spiro atoms. The van der Waals surface area contributed by atoms with E-state index in [2.05, 4.69) is 4.98 Å². The molecule has 1 rings (SSSR count). The van der Waals surface area contributed by atoms with Crippen molar-refractivity contribution in [3.8, 4) is 5.88 Å². The second-order valence-electron chi connectivity index (χ2n) is 2.83. The topological polar surface area (TPSA) is 82.8 Å². The highest BCUT2D eigenvalue weighted by molar-refractivity contribution is 5.23. The highest BCUT2D eigenvalue weighted by Gasteiger charge is 2.17. The van der Waals surface area contributed by atoms with Crippen molar-refractivity contribution in [2.24, 2.45) is 0 Å². The number of methoxy groups -OCH3 is 1. The zero-order valence-electron chi connectivity index (χ0n) is 7.79. The minimum absolute atomic E-state index is 0.353. The third-order valence-electron chi connectivity index (χ3n) is 1.86. The van der Waals surface area contributed by atoms with Crippen molar-refractivity contribution in [2.75, 3.05) is 13.7 Å². The lowest BCUT2D eigenvalue weighted by molar-refractivity contribution is -0.0153. The summed E-state index contributed by atoms with van der Waals surface area (Å²) in [5, 5.41) is 27.3. The van der Waals surface area contributed by atoms with Gasteiger partial charge in [0.25, 0.3) is 0 Å². The Bertz CT molecular complexity index is 292. The summed E-state index contributed by atoms with van der Waals surface area (Å²) < 4.78 is 4.85. The molecule has 1 heterocycles. The van der Waals surface area contributed by atoms with Gasteiger partial charge in [-0.25, -0.2) is 4.98 Å². The van der Waals surface area contributed by atoms with E-state index in [0.717, 1.165) is 0 Å². The van der Waals surface area contributed by atoms with Crippen LogP contribution in [0.4, 0.5) is 0 Å². The van der Waals surface area contributed by atoms with Gasteiger partial charge in [-0.2, -0.15) is 0 Å². The fraction of sp³-hybridized carbons (Fsp3) is 0.444. The van der Waals surface area contributed by atoms with E-state index in [9.17, 15) is 10.2 Å². The molecule has 0 bridgehead atoms. The standard InChI is InChI=1S/C9H13NO4/c1-14-8-4-6(2-3-10-8)9(13)7(12)5-11/h2-4,7,9,11-13H,5H2,1H3. The Hall–Kier alpha value is -1.17. The van der Waals surface area contributed by atoms with E-state index in [1.807, 2.05) is 0 Å². The summed E-state index contributed by atoms with van der Waals surface area (Å²) in [6.07, 6.45) is -0.861. The van der Waals surface area contributed by atoms with Gasteiger partial charge in [-0.05, 0) is 11.6 Å². The van der Waals surface area contributed by atoms with Gasteiger partial charge in [0.1, 0.15) is 12.2 Å². The van der Waals surface area contributed by atoms with Crippen LogP contribution in [0, 0.1) is 0 Å². The molecule has 2 unspecified atom stereocenters. The number of aliphatic hydroxyl groups is 3. The van der Waals surface area contributed by atoms with E-state index in [-0.39, 0.29) is 0 Å². The SMILES string of the molecule is COc1cc(C(O)C(O)CO)ccn1. The van der Waals surface area contributed by atoms with Gasteiger partial charge in [0.15, 0.2) is 0 Å². The third kappa shape index (κ3) is 2.41. The summed E-state index contributed by atoms with van der Waals surface area (Å²) in [6.45, 7) is -0.494. The molecule has 3 N–H and O–H groups in total. The summed E-state index contributed by atoms with van der Waals surface area (Å²) >= 11 is 0. The molecule has 78 valence electrons. The van der Waals surface area contributed by atoms with Crippen LogP contribution in [0.15, 0.2) is 18.3 Å². The molecule has 0 aromatic carbocycles. The van der Waals surface area contributed by atoms with Crippen LogP contribution < -0.4 is 4.74 Å². The Morgan fingerprint density at radius 1 is 1.50 bits per heavy atom. The fourth-order valence-electron chi connectivity index (χ4n) is 1.04. The Balaban J connectivity index is 2.83. The molecule has 0 amide bonds. The smallest absolute Gasteiger partial charge is 0.213 e. The van der Waals surface area contributed by atoms with Crippen molar-refractivity contribution in [1.82, 2.24) is 4.98 Å². The maximum Gasteiger partial charge on any atom is 0.213 e. The van der Waals surface area contributed by atoms with Crippen molar-refractivity contribution in [2.45, 2.75) is 12.2 Å². The Morgan fingerprint density at radius 3 is 2.79 bits per heavy atom. The molecule has 0 saturated heterocycles. The zero-order valence-corrected chi connectivity index (χ0v) is 7.79. The zero-order chi connectivity index (χ0) is 10.6. The summed E-state index contributed by atoms with van der Waals surface area (Å²) in [5.41, 5.74) is 0.457. The van der Waals surface area contributed by atoms with Crippen molar-refractivity contribution >= 4 is 0 Å². The minimum atomic E-state index is -1.19. The van der Waals surface area contributed by atoms with Crippen LogP contribution in [0.3, 0.4) is 0 Å². The largest absolute Gasteiger partial charge is 0.481 e. The monoisotopic (exact) mass is 199 g/mol. The molecule has 5 nitrogen and oxygen atoms in total. The number of rotatable bonds is 4. The summed E-state index contributed by atoms with van der Waals surface area (Å²) in [4.78, 5) is 3.85. The van der Waals surface area contributed by atoms with Crippen LogP contribution in [0.1, 0.15) is 11.7 Å². The highest BCUT2D eigenvalue weighted by atomic mass is 16.5. The van der Waals surface area contributed by atoms with E-state index in [0.29, 0.717) is 11.4 Å². The normalized spacial score (nSPS) is 14.9.